The van der Waals surface area contributed by atoms with Crippen molar-refractivity contribution in [2.75, 3.05) is 25.5 Å². The van der Waals surface area contributed by atoms with Gasteiger partial charge in [0.25, 0.3) is 0 Å². The van der Waals surface area contributed by atoms with Crippen molar-refractivity contribution >= 4 is 17.7 Å². The molecule has 1 aromatic heterocycles. The minimum absolute atomic E-state index is 0.354. The fourth-order valence-electron chi connectivity index (χ4n) is 3.26. The highest BCUT2D eigenvalue weighted by molar-refractivity contribution is 5.84. The number of nitrogens with one attached hydrogen (secondary N) is 3. The van der Waals surface area contributed by atoms with Gasteiger partial charge >= 0.3 is 6.09 Å². The molecule has 0 bridgehead atoms. The summed E-state index contributed by atoms with van der Waals surface area (Å²) in [6.45, 7) is 11.5. The molecular formula is C25H37N5O2. The standard InChI is InChI=1S/C25H37N5O2/c1-18(2)22(20-8-7-14-27-16-20)17-29-23(26-6)28-15-13-19-9-11-21(12-10-19)30-24(31)32-25(3,4)5/h7-12,14,16,18,22H,13,15,17H2,1-6H3,(H,30,31)(H2,26,28,29). The van der Waals surface area contributed by atoms with Crippen molar-refractivity contribution < 1.29 is 9.53 Å². The fraction of sp³-hybridized carbons (Fsp3) is 0.480. The molecule has 0 aliphatic carbocycles. The van der Waals surface area contributed by atoms with Crippen LogP contribution in [0, 0.1) is 5.92 Å². The number of carbonyl (C=O) groups excluding carboxylic acids is 1. The number of ether oxygens (including phenoxy) is 1. The van der Waals surface area contributed by atoms with Crippen LogP contribution in [-0.4, -0.2) is 42.8 Å². The molecule has 0 aliphatic rings. The molecule has 32 heavy (non-hydrogen) atoms. The van der Waals surface area contributed by atoms with E-state index >= 15 is 0 Å². The van der Waals surface area contributed by atoms with Crippen molar-refractivity contribution in [3.05, 3.63) is 59.9 Å². The first kappa shape index (κ1) is 25.2. The van der Waals surface area contributed by atoms with Crippen molar-refractivity contribution in [2.24, 2.45) is 10.9 Å². The van der Waals surface area contributed by atoms with Crippen molar-refractivity contribution in [3.63, 3.8) is 0 Å². The zero-order valence-corrected chi connectivity index (χ0v) is 20.1. The number of hydrogen-bond donors (Lipinski definition) is 3. The van der Waals surface area contributed by atoms with E-state index in [9.17, 15) is 4.79 Å². The number of guanidine groups is 1. The topological polar surface area (TPSA) is 87.6 Å². The van der Waals surface area contributed by atoms with E-state index in [2.05, 4.69) is 45.8 Å². The number of aliphatic imine (C=N–C) groups is 1. The van der Waals surface area contributed by atoms with Crippen LogP contribution < -0.4 is 16.0 Å². The van der Waals surface area contributed by atoms with Gasteiger partial charge in [0.15, 0.2) is 5.96 Å². The maximum atomic E-state index is 11.9. The SMILES string of the molecule is CN=C(NCCc1ccc(NC(=O)OC(C)(C)C)cc1)NCC(c1cccnc1)C(C)C. The van der Waals surface area contributed by atoms with Crippen LogP contribution in [0.25, 0.3) is 0 Å². The lowest BCUT2D eigenvalue weighted by Crippen LogP contribution is -2.40. The van der Waals surface area contributed by atoms with Gasteiger partial charge in [-0.3, -0.25) is 15.3 Å². The van der Waals surface area contributed by atoms with Crippen LogP contribution in [0.3, 0.4) is 0 Å². The summed E-state index contributed by atoms with van der Waals surface area (Å²) in [6, 6.07) is 11.9. The highest BCUT2D eigenvalue weighted by Gasteiger charge is 2.17. The second kappa shape index (κ2) is 12.1. The van der Waals surface area contributed by atoms with Gasteiger partial charge < -0.3 is 15.4 Å². The number of carbonyl (C=O) groups is 1. The van der Waals surface area contributed by atoms with E-state index < -0.39 is 11.7 Å². The Hall–Kier alpha value is -3.09. The highest BCUT2D eigenvalue weighted by Crippen LogP contribution is 2.22. The minimum Gasteiger partial charge on any atom is -0.444 e. The maximum absolute atomic E-state index is 11.9. The fourth-order valence-corrected chi connectivity index (χ4v) is 3.26. The van der Waals surface area contributed by atoms with Crippen LogP contribution in [0.1, 0.15) is 51.7 Å². The molecule has 1 amide bonds. The van der Waals surface area contributed by atoms with Gasteiger partial charge in [-0.1, -0.05) is 32.0 Å². The monoisotopic (exact) mass is 439 g/mol. The maximum Gasteiger partial charge on any atom is 0.412 e. The molecule has 174 valence electrons. The number of hydrogen-bond acceptors (Lipinski definition) is 4. The van der Waals surface area contributed by atoms with Crippen LogP contribution in [0.5, 0.6) is 0 Å². The average Bonchev–Trinajstić information content (AvgIpc) is 2.73. The molecule has 7 nitrogen and oxygen atoms in total. The molecule has 0 spiro atoms. The Kier molecular flexibility index (Phi) is 9.50. The number of rotatable bonds is 8. The Bertz CT molecular complexity index is 858. The van der Waals surface area contributed by atoms with E-state index in [0.717, 1.165) is 31.0 Å². The molecule has 1 atom stereocenters. The second-order valence-corrected chi connectivity index (χ2v) is 9.09. The number of benzene rings is 1. The minimum atomic E-state index is -0.518. The van der Waals surface area contributed by atoms with Crippen LogP contribution in [0.4, 0.5) is 10.5 Å². The molecule has 0 saturated carbocycles. The summed E-state index contributed by atoms with van der Waals surface area (Å²) in [4.78, 5) is 20.5. The summed E-state index contributed by atoms with van der Waals surface area (Å²) in [5, 5.41) is 9.55. The van der Waals surface area contributed by atoms with E-state index in [-0.39, 0.29) is 0 Å². The smallest absolute Gasteiger partial charge is 0.412 e. The Morgan fingerprint density at radius 2 is 1.84 bits per heavy atom. The van der Waals surface area contributed by atoms with Gasteiger partial charge in [0, 0.05) is 44.1 Å². The van der Waals surface area contributed by atoms with E-state index in [0.29, 0.717) is 17.5 Å². The summed E-state index contributed by atoms with van der Waals surface area (Å²) in [5.41, 5.74) is 2.59. The molecule has 2 aromatic rings. The number of aromatic nitrogens is 1. The van der Waals surface area contributed by atoms with E-state index in [1.165, 1.54) is 5.56 Å². The van der Waals surface area contributed by atoms with E-state index in [1.807, 2.05) is 57.3 Å². The summed E-state index contributed by atoms with van der Waals surface area (Å²) < 4.78 is 5.27. The first-order valence-corrected chi connectivity index (χ1v) is 11.1. The number of nitrogens with zero attached hydrogens (tertiary/aromatic N) is 2. The van der Waals surface area contributed by atoms with Crippen molar-refractivity contribution in [2.45, 2.75) is 52.6 Å². The Morgan fingerprint density at radius 1 is 1.12 bits per heavy atom. The molecule has 3 N–H and O–H groups in total. The lowest BCUT2D eigenvalue weighted by atomic mass is 9.89. The van der Waals surface area contributed by atoms with Crippen LogP contribution in [-0.2, 0) is 11.2 Å². The van der Waals surface area contributed by atoms with Gasteiger partial charge in [0.1, 0.15) is 5.60 Å². The number of anilines is 1. The van der Waals surface area contributed by atoms with Crippen molar-refractivity contribution in [3.8, 4) is 0 Å². The summed E-state index contributed by atoms with van der Waals surface area (Å²) in [6.07, 6.45) is 4.12. The third-order valence-electron chi connectivity index (χ3n) is 4.94. The first-order valence-electron chi connectivity index (χ1n) is 11.1. The molecule has 1 unspecified atom stereocenters. The summed E-state index contributed by atoms with van der Waals surface area (Å²) >= 11 is 0. The molecular weight excluding hydrogens is 402 g/mol. The van der Waals surface area contributed by atoms with Gasteiger partial charge in [-0.25, -0.2) is 4.79 Å². The van der Waals surface area contributed by atoms with Gasteiger partial charge in [-0.05, 0) is 62.4 Å². The number of pyridine rings is 1. The molecule has 0 radical (unpaired) electrons. The average molecular weight is 440 g/mol. The normalized spacial score (nSPS) is 12.9. The number of amides is 1. The third-order valence-corrected chi connectivity index (χ3v) is 4.94. The Morgan fingerprint density at radius 3 is 2.41 bits per heavy atom. The molecule has 0 aliphatic heterocycles. The molecule has 0 saturated heterocycles. The molecule has 0 fully saturated rings. The lowest BCUT2D eigenvalue weighted by Gasteiger charge is -2.23. The largest absolute Gasteiger partial charge is 0.444 e. The summed E-state index contributed by atoms with van der Waals surface area (Å²) in [5.74, 6) is 1.62. The van der Waals surface area contributed by atoms with Gasteiger partial charge in [-0.15, -0.1) is 0 Å². The summed E-state index contributed by atoms with van der Waals surface area (Å²) in [7, 11) is 1.78. The van der Waals surface area contributed by atoms with Gasteiger partial charge in [0.2, 0.25) is 0 Å². The van der Waals surface area contributed by atoms with Gasteiger partial charge in [-0.2, -0.15) is 0 Å². The predicted molar refractivity (Wildman–Crippen MR) is 131 cm³/mol. The predicted octanol–water partition coefficient (Wildman–Crippen LogP) is 4.58. The molecule has 1 heterocycles. The van der Waals surface area contributed by atoms with E-state index in [4.69, 9.17) is 4.74 Å². The zero-order chi connectivity index (χ0) is 23.6. The van der Waals surface area contributed by atoms with Crippen molar-refractivity contribution in [1.29, 1.82) is 0 Å². The Labute approximate surface area is 192 Å². The van der Waals surface area contributed by atoms with E-state index in [1.54, 1.807) is 13.2 Å². The van der Waals surface area contributed by atoms with Gasteiger partial charge in [0.05, 0.1) is 0 Å². The molecule has 7 heteroatoms. The highest BCUT2D eigenvalue weighted by atomic mass is 16.6. The second-order valence-electron chi connectivity index (χ2n) is 9.09. The van der Waals surface area contributed by atoms with Crippen LogP contribution in [0.15, 0.2) is 53.8 Å². The zero-order valence-electron chi connectivity index (χ0n) is 20.1. The quantitative estimate of drug-likeness (QED) is 0.414. The lowest BCUT2D eigenvalue weighted by molar-refractivity contribution is 0.0636. The van der Waals surface area contributed by atoms with Crippen molar-refractivity contribution in [1.82, 2.24) is 15.6 Å². The molecule has 1 aromatic carbocycles. The van der Waals surface area contributed by atoms with Crippen LogP contribution >= 0.6 is 0 Å². The molecule has 2 rings (SSSR count). The third kappa shape index (κ3) is 8.96. The Balaban J connectivity index is 1.79. The van der Waals surface area contributed by atoms with Crippen LogP contribution in [0.2, 0.25) is 0 Å². The first-order chi connectivity index (χ1) is 15.2.